The van der Waals surface area contributed by atoms with Gasteiger partial charge in [-0.3, -0.25) is 0 Å². The average molecular weight is 334 g/mol. The largest absolute Gasteiger partial charge is 0.310 e. The highest BCUT2D eigenvalue weighted by molar-refractivity contribution is 9.10. The molecule has 1 aromatic heterocycles. The van der Waals surface area contributed by atoms with Gasteiger partial charge in [-0.05, 0) is 56.1 Å². The lowest BCUT2D eigenvalue weighted by molar-refractivity contribution is 0.592. The minimum absolute atomic E-state index is 0.307. The van der Waals surface area contributed by atoms with Gasteiger partial charge in [0, 0.05) is 22.6 Å². The number of nitrogens with one attached hydrogen (secondary N) is 1. The molecule has 0 bridgehead atoms. The molecule has 106 valence electrons. The van der Waals surface area contributed by atoms with E-state index in [4.69, 9.17) is 5.10 Å². The second-order valence-electron chi connectivity index (χ2n) is 5.44. The highest BCUT2D eigenvalue weighted by Gasteiger charge is 2.26. The van der Waals surface area contributed by atoms with Gasteiger partial charge >= 0.3 is 0 Å². The predicted octanol–water partition coefficient (Wildman–Crippen LogP) is 4.18. The Morgan fingerprint density at radius 2 is 2.20 bits per heavy atom. The van der Waals surface area contributed by atoms with Crippen molar-refractivity contribution in [3.8, 4) is 5.69 Å². The molecule has 20 heavy (non-hydrogen) atoms. The van der Waals surface area contributed by atoms with Crippen LogP contribution in [0.2, 0.25) is 0 Å². The Kier molecular flexibility index (Phi) is 3.94. The summed E-state index contributed by atoms with van der Waals surface area (Å²) in [5, 5.41) is 8.23. The zero-order chi connectivity index (χ0) is 14.1. The van der Waals surface area contributed by atoms with E-state index in [1.54, 1.807) is 0 Å². The zero-order valence-electron chi connectivity index (χ0n) is 11.9. The van der Waals surface area contributed by atoms with E-state index in [9.17, 15) is 0 Å². The highest BCUT2D eigenvalue weighted by atomic mass is 79.9. The van der Waals surface area contributed by atoms with E-state index in [2.05, 4.69) is 65.6 Å². The molecule has 1 aliphatic carbocycles. The van der Waals surface area contributed by atoms with Gasteiger partial charge in [0.1, 0.15) is 0 Å². The summed E-state index contributed by atoms with van der Waals surface area (Å²) in [7, 11) is 0. The minimum Gasteiger partial charge on any atom is -0.310 e. The van der Waals surface area contributed by atoms with Crippen LogP contribution in [-0.4, -0.2) is 16.3 Å². The van der Waals surface area contributed by atoms with Crippen LogP contribution < -0.4 is 5.32 Å². The van der Waals surface area contributed by atoms with Crippen LogP contribution in [0.4, 0.5) is 0 Å². The third kappa shape index (κ3) is 2.81. The first-order chi connectivity index (χ1) is 9.69. The summed E-state index contributed by atoms with van der Waals surface area (Å²) >= 11 is 3.57. The fourth-order valence-corrected chi connectivity index (χ4v) is 2.94. The predicted molar refractivity (Wildman–Crippen MR) is 85.3 cm³/mol. The van der Waals surface area contributed by atoms with Crippen LogP contribution in [0.25, 0.3) is 5.69 Å². The molecule has 0 radical (unpaired) electrons. The molecule has 3 nitrogen and oxygen atoms in total. The first-order valence-corrected chi connectivity index (χ1v) is 8.07. The maximum Gasteiger partial charge on any atom is 0.0694 e. The summed E-state index contributed by atoms with van der Waals surface area (Å²) in [4.78, 5) is 0. The third-order valence-corrected chi connectivity index (χ3v) is 4.31. The normalized spacial score (nSPS) is 16.4. The number of hydrogen-bond donors (Lipinski definition) is 1. The third-order valence-electron chi connectivity index (χ3n) is 3.82. The summed E-state index contributed by atoms with van der Waals surface area (Å²) < 4.78 is 3.12. The molecule has 0 saturated heterocycles. The standard InChI is InChI=1S/C16H20BrN3/c1-3-18-11(2)14-10-13(17)6-7-16(14)20-9-8-15(19-20)12-4-5-12/h6-12,18H,3-5H2,1-2H3. The molecule has 1 N–H and O–H groups in total. The van der Waals surface area contributed by atoms with Gasteiger partial charge in [-0.1, -0.05) is 22.9 Å². The van der Waals surface area contributed by atoms with E-state index in [0.717, 1.165) is 16.7 Å². The number of rotatable bonds is 5. The molecular weight excluding hydrogens is 314 g/mol. The van der Waals surface area contributed by atoms with Crippen LogP contribution >= 0.6 is 15.9 Å². The molecule has 1 saturated carbocycles. The topological polar surface area (TPSA) is 29.9 Å². The molecule has 2 aromatic rings. The van der Waals surface area contributed by atoms with Crippen molar-refractivity contribution in [2.45, 2.75) is 38.6 Å². The zero-order valence-corrected chi connectivity index (χ0v) is 13.5. The van der Waals surface area contributed by atoms with Crippen molar-refractivity contribution in [3.63, 3.8) is 0 Å². The molecule has 1 heterocycles. The van der Waals surface area contributed by atoms with Crippen molar-refractivity contribution in [1.82, 2.24) is 15.1 Å². The lowest BCUT2D eigenvalue weighted by Crippen LogP contribution is -2.19. The Balaban J connectivity index is 1.97. The summed E-state index contributed by atoms with van der Waals surface area (Å²) in [6.45, 7) is 5.28. The van der Waals surface area contributed by atoms with E-state index >= 15 is 0 Å². The van der Waals surface area contributed by atoms with Crippen molar-refractivity contribution in [3.05, 3.63) is 46.2 Å². The Bertz CT molecular complexity index is 602. The fraction of sp³-hybridized carbons (Fsp3) is 0.438. The number of nitrogens with zero attached hydrogens (tertiary/aromatic N) is 2. The smallest absolute Gasteiger partial charge is 0.0694 e. The lowest BCUT2D eigenvalue weighted by atomic mass is 10.1. The Morgan fingerprint density at radius 3 is 2.90 bits per heavy atom. The Morgan fingerprint density at radius 1 is 1.40 bits per heavy atom. The van der Waals surface area contributed by atoms with E-state index in [1.807, 2.05) is 4.68 Å². The van der Waals surface area contributed by atoms with Crippen LogP contribution in [0.15, 0.2) is 34.9 Å². The molecule has 1 aromatic carbocycles. The summed E-state index contributed by atoms with van der Waals surface area (Å²) in [5.41, 5.74) is 3.66. The Hall–Kier alpha value is -1.13. The SMILES string of the molecule is CCNC(C)c1cc(Br)ccc1-n1ccc(C2CC2)n1. The molecule has 0 spiro atoms. The quantitative estimate of drug-likeness (QED) is 0.889. The van der Waals surface area contributed by atoms with Gasteiger partial charge in [0.2, 0.25) is 0 Å². The number of hydrogen-bond acceptors (Lipinski definition) is 2. The van der Waals surface area contributed by atoms with Crippen molar-refractivity contribution < 1.29 is 0 Å². The van der Waals surface area contributed by atoms with Gasteiger partial charge in [0.05, 0.1) is 11.4 Å². The van der Waals surface area contributed by atoms with Gasteiger partial charge in [0.25, 0.3) is 0 Å². The van der Waals surface area contributed by atoms with Crippen molar-refractivity contribution >= 4 is 15.9 Å². The maximum absolute atomic E-state index is 4.75. The van der Waals surface area contributed by atoms with Gasteiger partial charge in [-0.25, -0.2) is 4.68 Å². The van der Waals surface area contributed by atoms with Crippen LogP contribution in [0, 0.1) is 0 Å². The molecule has 0 aliphatic heterocycles. The van der Waals surface area contributed by atoms with Crippen LogP contribution in [0.5, 0.6) is 0 Å². The van der Waals surface area contributed by atoms with E-state index in [0.29, 0.717) is 12.0 Å². The van der Waals surface area contributed by atoms with Crippen LogP contribution in [0.3, 0.4) is 0 Å². The average Bonchev–Trinajstić information content (AvgIpc) is 3.17. The lowest BCUT2D eigenvalue weighted by Gasteiger charge is -2.17. The number of halogens is 1. The van der Waals surface area contributed by atoms with E-state index in [-0.39, 0.29) is 0 Å². The molecule has 1 atom stereocenters. The second-order valence-corrected chi connectivity index (χ2v) is 6.36. The van der Waals surface area contributed by atoms with Crippen molar-refractivity contribution in [2.75, 3.05) is 6.54 Å². The maximum atomic E-state index is 4.75. The summed E-state index contributed by atoms with van der Waals surface area (Å²) in [6, 6.07) is 8.86. The first-order valence-electron chi connectivity index (χ1n) is 7.27. The summed E-state index contributed by atoms with van der Waals surface area (Å²) in [5.74, 6) is 0.696. The molecule has 1 unspecified atom stereocenters. The van der Waals surface area contributed by atoms with Crippen LogP contribution in [-0.2, 0) is 0 Å². The molecular formula is C16H20BrN3. The Labute approximate surface area is 128 Å². The van der Waals surface area contributed by atoms with Gasteiger partial charge in [-0.15, -0.1) is 0 Å². The molecule has 4 heteroatoms. The van der Waals surface area contributed by atoms with Crippen molar-refractivity contribution in [2.24, 2.45) is 0 Å². The second kappa shape index (κ2) is 5.70. The monoisotopic (exact) mass is 333 g/mol. The molecule has 3 rings (SSSR count). The van der Waals surface area contributed by atoms with Gasteiger partial charge in [0.15, 0.2) is 0 Å². The van der Waals surface area contributed by atoms with Gasteiger partial charge in [-0.2, -0.15) is 5.10 Å². The van der Waals surface area contributed by atoms with Gasteiger partial charge < -0.3 is 5.32 Å². The first kappa shape index (κ1) is 13.8. The molecule has 1 aliphatic rings. The molecule has 0 amide bonds. The fourth-order valence-electron chi connectivity index (χ4n) is 2.57. The van der Waals surface area contributed by atoms with E-state index < -0.39 is 0 Å². The highest BCUT2D eigenvalue weighted by Crippen LogP contribution is 2.39. The van der Waals surface area contributed by atoms with E-state index in [1.165, 1.54) is 24.1 Å². The number of benzene rings is 1. The molecule has 1 fully saturated rings. The van der Waals surface area contributed by atoms with Crippen LogP contribution in [0.1, 0.15) is 49.9 Å². The summed E-state index contributed by atoms with van der Waals surface area (Å²) in [6.07, 6.45) is 4.66. The number of aromatic nitrogens is 2. The van der Waals surface area contributed by atoms with Crippen molar-refractivity contribution in [1.29, 1.82) is 0 Å². The minimum atomic E-state index is 0.307.